The molecule has 21 heteroatoms. The average Bonchev–Trinajstić information content (AvgIpc) is 2.89. The fourth-order valence-corrected chi connectivity index (χ4v) is 4.05. The first kappa shape index (κ1) is 45.0. The van der Waals surface area contributed by atoms with Gasteiger partial charge in [-0.15, -0.1) is 0 Å². The van der Waals surface area contributed by atoms with Gasteiger partial charge >= 0.3 is 41.5 Å². The predicted molar refractivity (Wildman–Crippen MR) is 139 cm³/mol. The van der Waals surface area contributed by atoms with Gasteiger partial charge in [0.25, 0.3) is 0 Å². The zero-order chi connectivity index (χ0) is 37.4. The minimum atomic E-state index is -5.31. The maximum absolute atomic E-state index is 13.1. The molecule has 0 saturated heterocycles. The number of aliphatic carboxylic acids is 2. The van der Waals surface area contributed by atoms with Crippen molar-refractivity contribution in [3.05, 3.63) is 57.6 Å². The number of carbonyl (C=O) groups excluding carboxylic acids is 2. The van der Waals surface area contributed by atoms with E-state index < -0.39 is 93.6 Å². The number of carboxylic acid groups (broad SMARTS) is 2. The average molecular weight is 771 g/mol. The Bertz CT molecular complexity index is 1390. The van der Waals surface area contributed by atoms with Crippen molar-refractivity contribution in [3.8, 4) is 11.5 Å². The largest absolute Gasteiger partial charge is 2.00 e. The SMILES string of the molecule is CC(=O)[O-].CC(=O)[O-].Oc1c(C=NC2CCCC(N=Cc3cc(C(F)(F)F)cc(C(F)(F)F)c3O)C2)cc(C(F)(F)F)cc1C(F)(F)F.[Co+2]. The van der Waals surface area contributed by atoms with E-state index in [1.807, 2.05) is 0 Å². The van der Waals surface area contributed by atoms with E-state index >= 15 is 0 Å². The molecule has 2 unspecified atom stereocenters. The van der Waals surface area contributed by atoms with Crippen LogP contribution in [0.4, 0.5) is 52.7 Å². The Kier molecular flexibility index (Phi) is 16.1. The molecule has 1 aliphatic rings. The molecular weight excluding hydrogens is 747 g/mol. The summed E-state index contributed by atoms with van der Waals surface area (Å²) in [5.74, 6) is -5.12. The number of alkyl halides is 12. The fourth-order valence-electron chi connectivity index (χ4n) is 4.05. The normalized spacial score (nSPS) is 17.0. The van der Waals surface area contributed by atoms with Crippen molar-refractivity contribution in [1.82, 2.24) is 0 Å². The first-order chi connectivity index (χ1) is 21.6. The smallest absolute Gasteiger partial charge is 0.550 e. The zero-order valence-corrected chi connectivity index (χ0v) is 25.8. The zero-order valence-electron chi connectivity index (χ0n) is 24.7. The van der Waals surface area contributed by atoms with Crippen LogP contribution in [0.2, 0.25) is 0 Å². The Morgan fingerprint density at radius 2 is 0.939 bits per heavy atom. The van der Waals surface area contributed by atoms with E-state index in [-0.39, 0.29) is 60.3 Å². The predicted octanol–water partition coefficient (Wildman–Crippen LogP) is 5.53. The number of phenols is 2. The number of halogens is 12. The van der Waals surface area contributed by atoms with E-state index in [2.05, 4.69) is 9.98 Å². The second-order valence-electron chi connectivity index (χ2n) is 9.93. The van der Waals surface area contributed by atoms with Crippen LogP contribution < -0.4 is 10.2 Å². The number of benzene rings is 2. The van der Waals surface area contributed by atoms with Crippen molar-refractivity contribution in [2.45, 2.75) is 76.3 Å². The number of carboxylic acids is 2. The van der Waals surface area contributed by atoms with Crippen molar-refractivity contribution in [3.63, 3.8) is 0 Å². The minimum absolute atomic E-state index is 0. The van der Waals surface area contributed by atoms with Crippen molar-refractivity contribution in [2.24, 2.45) is 9.98 Å². The third-order valence-corrected chi connectivity index (χ3v) is 6.01. The third-order valence-electron chi connectivity index (χ3n) is 6.01. The van der Waals surface area contributed by atoms with E-state index in [0.29, 0.717) is 18.9 Å². The molecule has 2 aromatic rings. The number of carbonyl (C=O) groups is 2. The topological polar surface area (TPSA) is 145 Å². The number of rotatable bonds is 4. The van der Waals surface area contributed by atoms with E-state index in [1.54, 1.807) is 0 Å². The molecule has 1 fully saturated rings. The Morgan fingerprint density at radius 3 is 1.18 bits per heavy atom. The molecule has 1 radical (unpaired) electrons. The molecule has 0 amide bonds. The molecule has 8 nitrogen and oxygen atoms in total. The van der Waals surface area contributed by atoms with Crippen LogP contribution in [-0.2, 0) is 51.1 Å². The van der Waals surface area contributed by atoms with Gasteiger partial charge in [0.15, 0.2) is 0 Å². The van der Waals surface area contributed by atoms with Gasteiger partial charge in [0.2, 0.25) is 0 Å². The van der Waals surface area contributed by atoms with Gasteiger partial charge in [-0.2, -0.15) is 52.7 Å². The molecule has 0 heterocycles. The van der Waals surface area contributed by atoms with E-state index in [4.69, 9.17) is 19.8 Å². The van der Waals surface area contributed by atoms with E-state index in [9.17, 15) is 62.9 Å². The summed E-state index contributed by atoms with van der Waals surface area (Å²) in [6, 6.07) is -1.46. The summed E-state index contributed by atoms with van der Waals surface area (Å²) < 4.78 is 157. The van der Waals surface area contributed by atoms with Crippen molar-refractivity contribution < 1.29 is 99.5 Å². The first-order valence-electron chi connectivity index (χ1n) is 13.1. The van der Waals surface area contributed by atoms with Crippen molar-refractivity contribution in [1.29, 1.82) is 0 Å². The quantitative estimate of drug-likeness (QED) is 0.309. The Morgan fingerprint density at radius 1 is 0.653 bits per heavy atom. The first-order valence-corrected chi connectivity index (χ1v) is 13.1. The molecule has 3 rings (SSSR count). The van der Waals surface area contributed by atoms with Crippen LogP contribution >= 0.6 is 0 Å². The molecule has 2 atom stereocenters. The number of nitrogens with zero attached hydrogens (tertiary/aromatic N) is 2. The van der Waals surface area contributed by atoms with E-state index in [1.165, 1.54) is 0 Å². The van der Waals surface area contributed by atoms with Gasteiger partial charge in [0.1, 0.15) is 11.5 Å². The molecule has 0 bridgehead atoms. The van der Waals surface area contributed by atoms with Gasteiger partial charge in [-0.05, 0) is 63.8 Å². The fraction of sp³-hybridized carbons (Fsp3) is 0.429. The summed E-state index contributed by atoms with van der Waals surface area (Å²) in [5.41, 5.74) is -8.92. The number of aromatic hydroxyl groups is 2. The van der Waals surface area contributed by atoms with Gasteiger partial charge < -0.3 is 30.0 Å². The molecule has 275 valence electrons. The summed E-state index contributed by atoms with van der Waals surface area (Å²) >= 11 is 0. The maximum atomic E-state index is 13.1. The summed E-state index contributed by atoms with van der Waals surface area (Å²) in [6.07, 6.45) is -18.8. The molecule has 49 heavy (non-hydrogen) atoms. The van der Waals surface area contributed by atoms with Gasteiger partial charge in [-0.1, -0.05) is 0 Å². The number of aliphatic imine (C=N–C) groups is 2. The van der Waals surface area contributed by atoms with Crippen LogP contribution in [0.5, 0.6) is 11.5 Å². The molecule has 1 aliphatic carbocycles. The van der Waals surface area contributed by atoms with E-state index in [0.717, 1.165) is 13.8 Å². The second-order valence-corrected chi connectivity index (χ2v) is 9.93. The van der Waals surface area contributed by atoms with Crippen LogP contribution in [0.15, 0.2) is 34.3 Å². The van der Waals surface area contributed by atoms with Crippen LogP contribution in [0.3, 0.4) is 0 Å². The summed E-state index contributed by atoms with van der Waals surface area (Å²) in [6.45, 7) is 1.94. The summed E-state index contributed by atoms with van der Waals surface area (Å²) in [7, 11) is 0. The summed E-state index contributed by atoms with van der Waals surface area (Å²) in [4.78, 5) is 25.6. The van der Waals surface area contributed by atoms with Gasteiger partial charge in [0, 0.05) is 35.5 Å². The van der Waals surface area contributed by atoms with Gasteiger partial charge in [-0.3, -0.25) is 9.98 Å². The van der Waals surface area contributed by atoms with Crippen LogP contribution in [0, 0.1) is 0 Å². The Balaban J connectivity index is 0.00000230. The Labute approximate surface area is 279 Å². The molecule has 0 aliphatic heterocycles. The summed E-state index contributed by atoms with van der Waals surface area (Å²) in [5, 5.41) is 37.6. The monoisotopic (exact) mass is 771 g/mol. The molecule has 2 aromatic carbocycles. The molecule has 0 spiro atoms. The Hall–Kier alpha value is -4.01. The van der Waals surface area contributed by atoms with Crippen LogP contribution in [0.25, 0.3) is 0 Å². The maximum Gasteiger partial charge on any atom is 2.00 e. The molecule has 2 N–H and O–H groups in total. The second kappa shape index (κ2) is 17.6. The molecule has 0 aromatic heterocycles. The number of hydrogen-bond donors (Lipinski definition) is 2. The van der Waals surface area contributed by atoms with Crippen molar-refractivity contribution in [2.75, 3.05) is 0 Å². The van der Waals surface area contributed by atoms with Crippen LogP contribution in [0.1, 0.15) is 72.9 Å². The molecular formula is C28H24CoF12N2O6. The minimum Gasteiger partial charge on any atom is -0.550 e. The van der Waals surface area contributed by atoms with Gasteiger partial charge in [0.05, 0.1) is 34.3 Å². The standard InChI is InChI=1S/C24H18F12N2O2.2C2H4O2.Co/c25-21(26,27)13-4-11(19(39)17(6-13)23(31,32)33)9-37-15-2-1-3-16(8-15)38-10-12-5-14(22(28,29)30)7-18(20(12)40)24(34,35)36;2*1-2(3)4;/h4-7,9-10,15-16,39-40H,1-3,8H2;2*1H3,(H,3,4);/q;;;+2/p-2. The van der Waals surface area contributed by atoms with Crippen LogP contribution in [-0.4, -0.2) is 46.7 Å². The third kappa shape index (κ3) is 15.0. The molecule has 1 saturated carbocycles. The van der Waals surface area contributed by atoms with Gasteiger partial charge in [-0.25, -0.2) is 0 Å². The number of hydrogen-bond acceptors (Lipinski definition) is 8. The number of phenolic OH excluding ortho intramolecular Hbond substituents is 2. The van der Waals surface area contributed by atoms with Crippen molar-refractivity contribution >= 4 is 24.4 Å².